The predicted molar refractivity (Wildman–Crippen MR) is 150 cm³/mol. The van der Waals surface area contributed by atoms with Crippen LogP contribution >= 0.6 is 11.6 Å². The molecule has 7 nitrogen and oxygen atoms in total. The zero-order chi connectivity index (χ0) is 27.5. The number of methoxy groups -OCH3 is 2. The average Bonchev–Trinajstić information content (AvgIpc) is 3.35. The molecular weight excluding hydrogens is 516 g/mol. The summed E-state index contributed by atoms with van der Waals surface area (Å²) in [4.78, 5) is 16.1. The van der Waals surface area contributed by atoms with Crippen LogP contribution in [-0.2, 0) is 12.8 Å². The second-order valence-corrected chi connectivity index (χ2v) is 9.83. The fourth-order valence-electron chi connectivity index (χ4n) is 5.05. The van der Waals surface area contributed by atoms with Crippen LogP contribution in [0.5, 0.6) is 17.2 Å². The summed E-state index contributed by atoms with van der Waals surface area (Å²) in [6.07, 6.45) is 1.60. The number of hydrogen-bond donors (Lipinski definition) is 0. The molecule has 0 aliphatic carbocycles. The summed E-state index contributed by atoms with van der Waals surface area (Å²) in [5.74, 6) is 2.23. The van der Waals surface area contributed by atoms with E-state index in [0.717, 1.165) is 23.3 Å². The Labute approximate surface area is 233 Å². The molecule has 1 unspecified atom stereocenters. The molecule has 1 aliphatic heterocycles. The van der Waals surface area contributed by atoms with E-state index in [2.05, 4.69) is 24.2 Å². The van der Waals surface area contributed by atoms with Gasteiger partial charge < -0.3 is 23.6 Å². The van der Waals surface area contributed by atoms with Gasteiger partial charge in [-0.3, -0.25) is 4.79 Å². The highest BCUT2D eigenvalue weighted by Crippen LogP contribution is 2.40. The maximum absolute atomic E-state index is 14.3. The van der Waals surface area contributed by atoms with Crippen molar-refractivity contribution in [1.82, 2.24) is 10.1 Å². The number of fused-ring (bicyclic) bond motifs is 1. The monoisotopic (exact) mass is 546 g/mol. The lowest BCUT2D eigenvalue weighted by Gasteiger charge is -2.37. The number of amides is 1. The van der Waals surface area contributed by atoms with Crippen LogP contribution in [0.25, 0.3) is 11.3 Å². The normalized spacial score (nSPS) is 14.6. The molecule has 0 saturated heterocycles. The fourth-order valence-corrected chi connectivity index (χ4v) is 5.28. The first kappa shape index (κ1) is 26.6. The predicted octanol–water partition coefficient (Wildman–Crippen LogP) is 6.70. The lowest BCUT2D eigenvalue weighted by atomic mass is 9.91. The molecule has 8 heteroatoms. The molecule has 5 rings (SSSR count). The average molecular weight is 547 g/mol. The largest absolute Gasteiger partial charge is 0.493 e. The van der Waals surface area contributed by atoms with Crippen molar-refractivity contribution in [2.24, 2.45) is 0 Å². The minimum atomic E-state index is -0.389. The summed E-state index contributed by atoms with van der Waals surface area (Å²) in [6, 6.07) is 18.9. The molecule has 1 atom stereocenters. The summed E-state index contributed by atoms with van der Waals surface area (Å²) in [6.45, 7) is 4.60. The molecular formula is C31H31ClN2O5. The van der Waals surface area contributed by atoms with Crippen LogP contribution in [-0.4, -0.2) is 43.3 Å². The van der Waals surface area contributed by atoms with Gasteiger partial charge in [0.25, 0.3) is 5.91 Å². The minimum absolute atomic E-state index is 0.195. The van der Waals surface area contributed by atoms with Crippen molar-refractivity contribution in [2.75, 3.05) is 27.4 Å². The van der Waals surface area contributed by atoms with Crippen molar-refractivity contribution in [2.45, 2.75) is 32.7 Å². The number of hydrogen-bond acceptors (Lipinski definition) is 6. The third kappa shape index (κ3) is 5.19. The second-order valence-electron chi connectivity index (χ2n) is 9.42. The smallest absolute Gasteiger partial charge is 0.260 e. The molecule has 202 valence electrons. The van der Waals surface area contributed by atoms with Crippen molar-refractivity contribution >= 4 is 17.5 Å². The summed E-state index contributed by atoms with van der Waals surface area (Å²) >= 11 is 6.47. The van der Waals surface area contributed by atoms with Crippen molar-refractivity contribution in [3.05, 3.63) is 93.7 Å². The van der Waals surface area contributed by atoms with E-state index in [1.54, 1.807) is 27.2 Å². The summed E-state index contributed by atoms with van der Waals surface area (Å²) in [5, 5.41) is 4.71. The van der Waals surface area contributed by atoms with Gasteiger partial charge >= 0.3 is 0 Å². The molecule has 0 N–H and O–H groups in total. The SMILES string of the molecule is CCc1ccc(OCC2c3cc(OC)c(OC)cc3CCN2C(=O)c2c(-c3ccccc3Cl)noc2C)cc1. The van der Waals surface area contributed by atoms with E-state index in [-0.39, 0.29) is 18.6 Å². The van der Waals surface area contributed by atoms with Crippen molar-refractivity contribution < 1.29 is 23.5 Å². The lowest BCUT2D eigenvalue weighted by Crippen LogP contribution is -2.43. The van der Waals surface area contributed by atoms with Crippen LogP contribution in [0.1, 0.15) is 45.8 Å². The van der Waals surface area contributed by atoms with Crippen LogP contribution in [0.15, 0.2) is 65.2 Å². The molecule has 0 saturated carbocycles. The highest BCUT2D eigenvalue weighted by atomic mass is 35.5. The molecule has 1 amide bonds. The first-order valence-corrected chi connectivity index (χ1v) is 13.3. The Bertz CT molecular complexity index is 1480. The molecule has 1 aromatic heterocycles. The highest BCUT2D eigenvalue weighted by Gasteiger charge is 2.36. The summed E-state index contributed by atoms with van der Waals surface area (Å²) in [7, 11) is 3.22. The number of rotatable bonds is 8. The van der Waals surface area contributed by atoms with E-state index in [1.165, 1.54) is 5.56 Å². The van der Waals surface area contributed by atoms with Gasteiger partial charge in [-0.15, -0.1) is 0 Å². The van der Waals surface area contributed by atoms with E-state index < -0.39 is 0 Å². The zero-order valence-corrected chi connectivity index (χ0v) is 23.2. The maximum Gasteiger partial charge on any atom is 0.260 e. The lowest BCUT2D eigenvalue weighted by molar-refractivity contribution is 0.0588. The van der Waals surface area contributed by atoms with Crippen LogP contribution in [0.2, 0.25) is 5.02 Å². The molecule has 4 aromatic rings. The molecule has 0 fully saturated rings. The van der Waals surface area contributed by atoms with Crippen LogP contribution < -0.4 is 14.2 Å². The van der Waals surface area contributed by atoms with E-state index in [0.29, 0.717) is 52.1 Å². The minimum Gasteiger partial charge on any atom is -0.493 e. The highest BCUT2D eigenvalue weighted by molar-refractivity contribution is 6.33. The van der Waals surface area contributed by atoms with Crippen LogP contribution in [0.3, 0.4) is 0 Å². The quantitative estimate of drug-likeness (QED) is 0.245. The van der Waals surface area contributed by atoms with E-state index in [1.807, 2.05) is 47.4 Å². The van der Waals surface area contributed by atoms with Gasteiger partial charge in [0.1, 0.15) is 29.4 Å². The second kappa shape index (κ2) is 11.4. The Balaban J connectivity index is 1.54. The molecule has 2 heterocycles. The van der Waals surface area contributed by atoms with E-state index in [9.17, 15) is 4.79 Å². The Morgan fingerprint density at radius 2 is 1.79 bits per heavy atom. The third-order valence-corrected chi connectivity index (χ3v) is 7.54. The van der Waals surface area contributed by atoms with Gasteiger partial charge in [-0.05, 0) is 66.8 Å². The Morgan fingerprint density at radius 1 is 1.08 bits per heavy atom. The standard InChI is InChI=1S/C31H31ClN2O5/c1-5-20-10-12-22(13-11-20)38-18-26-24-17-28(37-4)27(36-3)16-21(24)14-15-34(26)31(35)29-19(2)39-33-30(29)23-8-6-7-9-25(23)32/h6-13,16-17,26H,5,14-15,18H2,1-4H3. The maximum atomic E-state index is 14.3. The number of halogens is 1. The van der Waals surface area contributed by atoms with Gasteiger partial charge in [0, 0.05) is 12.1 Å². The number of aromatic nitrogens is 1. The molecule has 0 radical (unpaired) electrons. The Morgan fingerprint density at radius 3 is 2.49 bits per heavy atom. The number of ether oxygens (including phenoxy) is 3. The Hall–Kier alpha value is -3.97. The molecule has 39 heavy (non-hydrogen) atoms. The van der Waals surface area contributed by atoms with Crippen LogP contribution in [0, 0.1) is 6.92 Å². The number of aryl methyl sites for hydroxylation is 2. The number of nitrogens with zero attached hydrogens (tertiary/aromatic N) is 2. The number of carbonyl (C=O) groups is 1. The van der Waals surface area contributed by atoms with Gasteiger partial charge in [0.2, 0.25) is 0 Å². The summed E-state index contributed by atoms with van der Waals surface area (Å²) < 4.78 is 22.9. The molecule has 1 aliphatic rings. The van der Waals surface area contributed by atoms with Crippen molar-refractivity contribution in [3.8, 4) is 28.5 Å². The fraction of sp³-hybridized carbons (Fsp3) is 0.290. The van der Waals surface area contributed by atoms with Gasteiger partial charge in [0.15, 0.2) is 11.5 Å². The van der Waals surface area contributed by atoms with E-state index >= 15 is 0 Å². The third-order valence-electron chi connectivity index (χ3n) is 7.21. The molecule has 3 aromatic carbocycles. The molecule has 0 spiro atoms. The van der Waals surface area contributed by atoms with Gasteiger partial charge in [-0.2, -0.15) is 0 Å². The summed E-state index contributed by atoms with van der Waals surface area (Å²) in [5.41, 5.74) is 4.73. The van der Waals surface area contributed by atoms with Crippen molar-refractivity contribution in [3.63, 3.8) is 0 Å². The number of carbonyl (C=O) groups excluding carboxylic acids is 1. The van der Waals surface area contributed by atoms with Gasteiger partial charge in [-0.25, -0.2) is 0 Å². The van der Waals surface area contributed by atoms with Crippen LogP contribution in [0.4, 0.5) is 0 Å². The van der Waals surface area contributed by atoms with Gasteiger partial charge in [0.05, 0.1) is 25.3 Å². The van der Waals surface area contributed by atoms with Gasteiger partial charge in [-0.1, -0.05) is 54.0 Å². The van der Waals surface area contributed by atoms with Crippen molar-refractivity contribution in [1.29, 1.82) is 0 Å². The number of benzene rings is 3. The zero-order valence-electron chi connectivity index (χ0n) is 22.5. The van der Waals surface area contributed by atoms with E-state index in [4.69, 9.17) is 30.3 Å². The first-order chi connectivity index (χ1) is 18.9. The topological polar surface area (TPSA) is 74.0 Å². The first-order valence-electron chi connectivity index (χ1n) is 12.9. The molecule has 0 bridgehead atoms. The Kier molecular flexibility index (Phi) is 7.79.